The third-order valence-corrected chi connectivity index (χ3v) is 4.25. The predicted octanol–water partition coefficient (Wildman–Crippen LogP) is 1.31. The maximum absolute atomic E-state index is 12.5. The van der Waals surface area contributed by atoms with E-state index in [1.165, 1.54) is 4.90 Å². The molecule has 0 saturated carbocycles. The summed E-state index contributed by atoms with van der Waals surface area (Å²) in [6, 6.07) is 5.28. The Morgan fingerprint density at radius 3 is 2.42 bits per heavy atom. The van der Waals surface area contributed by atoms with Gasteiger partial charge in [-0.15, -0.1) is 0 Å². The van der Waals surface area contributed by atoms with Crippen LogP contribution in [0.15, 0.2) is 18.2 Å². The number of esters is 1. The molecule has 0 unspecified atom stereocenters. The van der Waals surface area contributed by atoms with Crippen molar-refractivity contribution >= 4 is 11.9 Å². The van der Waals surface area contributed by atoms with Crippen LogP contribution in [0.5, 0.6) is 0 Å². The second-order valence-electron chi connectivity index (χ2n) is 6.37. The molecule has 1 aliphatic heterocycles. The summed E-state index contributed by atoms with van der Waals surface area (Å²) in [6.07, 6.45) is 0. The third kappa shape index (κ3) is 4.55. The molecular formula is C18H27N3O3. The number of piperazine rings is 1. The summed E-state index contributed by atoms with van der Waals surface area (Å²) in [5.74, 6) is -0.485. The lowest BCUT2D eigenvalue weighted by molar-refractivity contribution is 0.0526. The smallest absolute Gasteiger partial charge is 0.338 e. The van der Waals surface area contributed by atoms with E-state index in [0.29, 0.717) is 24.3 Å². The summed E-state index contributed by atoms with van der Waals surface area (Å²) in [6.45, 7) is 6.81. The molecule has 6 nitrogen and oxygen atoms in total. The van der Waals surface area contributed by atoms with E-state index in [1.807, 2.05) is 6.07 Å². The Morgan fingerprint density at radius 2 is 1.83 bits per heavy atom. The molecule has 1 fully saturated rings. The van der Waals surface area contributed by atoms with Crippen LogP contribution in [0.3, 0.4) is 0 Å². The van der Waals surface area contributed by atoms with Crippen molar-refractivity contribution in [2.75, 3.05) is 53.9 Å². The number of hydrogen-bond acceptors (Lipinski definition) is 5. The number of ether oxygens (including phenoxy) is 1. The molecule has 132 valence electrons. The quantitative estimate of drug-likeness (QED) is 0.761. The van der Waals surface area contributed by atoms with Crippen LogP contribution in [0.25, 0.3) is 0 Å². The molecule has 0 N–H and O–H groups in total. The highest BCUT2D eigenvalue weighted by atomic mass is 16.5. The number of likely N-dealkylation sites (N-methyl/N-ethyl adjacent to an activating group) is 1. The average Bonchev–Trinajstić information content (AvgIpc) is 2.56. The Balaban J connectivity index is 2.25. The van der Waals surface area contributed by atoms with Crippen LogP contribution < -0.4 is 0 Å². The summed E-state index contributed by atoms with van der Waals surface area (Å²) in [4.78, 5) is 30.7. The number of nitrogens with zero attached hydrogens (tertiary/aromatic N) is 3. The molecule has 24 heavy (non-hydrogen) atoms. The summed E-state index contributed by atoms with van der Waals surface area (Å²) < 4.78 is 5.05. The molecule has 1 amide bonds. The van der Waals surface area contributed by atoms with Gasteiger partial charge in [-0.1, -0.05) is 6.07 Å². The maximum Gasteiger partial charge on any atom is 0.338 e. The number of carbonyl (C=O) groups is 2. The van der Waals surface area contributed by atoms with Gasteiger partial charge in [-0.3, -0.25) is 9.69 Å². The molecule has 0 radical (unpaired) electrons. The molecule has 0 bridgehead atoms. The van der Waals surface area contributed by atoms with Gasteiger partial charge in [-0.2, -0.15) is 0 Å². The lowest BCUT2D eigenvalue weighted by atomic mass is 10.0. The summed E-state index contributed by atoms with van der Waals surface area (Å²) in [5.41, 5.74) is 1.94. The monoisotopic (exact) mass is 333 g/mol. The first-order valence-corrected chi connectivity index (χ1v) is 8.35. The third-order valence-electron chi connectivity index (χ3n) is 4.25. The first-order chi connectivity index (χ1) is 11.4. The molecule has 2 rings (SSSR count). The van der Waals surface area contributed by atoms with Gasteiger partial charge in [0.25, 0.3) is 5.91 Å². The Bertz CT molecular complexity index is 593. The van der Waals surface area contributed by atoms with E-state index < -0.39 is 5.97 Å². The minimum atomic E-state index is -0.392. The maximum atomic E-state index is 12.5. The SMILES string of the molecule is CCOC(=O)c1ccc(CN2CCN(C)CC2)c(C(=O)N(C)C)c1. The lowest BCUT2D eigenvalue weighted by Crippen LogP contribution is -2.44. The standard InChI is InChI=1S/C18H27N3O3/c1-5-24-18(23)14-6-7-15(16(12-14)17(22)19(2)3)13-21-10-8-20(4)9-11-21/h6-7,12H,5,8-11,13H2,1-4H3. The predicted molar refractivity (Wildman–Crippen MR) is 93.2 cm³/mol. The summed E-state index contributed by atoms with van der Waals surface area (Å²) >= 11 is 0. The van der Waals surface area contributed by atoms with Crippen LogP contribution in [0.4, 0.5) is 0 Å². The zero-order chi connectivity index (χ0) is 17.7. The Morgan fingerprint density at radius 1 is 1.17 bits per heavy atom. The van der Waals surface area contributed by atoms with E-state index in [0.717, 1.165) is 31.7 Å². The van der Waals surface area contributed by atoms with Crippen molar-refractivity contribution in [3.05, 3.63) is 34.9 Å². The summed E-state index contributed by atoms with van der Waals surface area (Å²) in [5, 5.41) is 0. The van der Waals surface area contributed by atoms with Gasteiger partial charge in [0.05, 0.1) is 12.2 Å². The van der Waals surface area contributed by atoms with E-state index in [2.05, 4.69) is 16.8 Å². The van der Waals surface area contributed by atoms with Crippen molar-refractivity contribution in [1.29, 1.82) is 0 Å². The highest BCUT2D eigenvalue weighted by Crippen LogP contribution is 2.18. The van der Waals surface area contributed by atoms with Gasteiger partial charge >= 0.3 is 5.97 Å². The fraction of sp³-hybridized carbons (Fsp3) is 0.556. The first-order valence-electron chi connectivity index (χ1n) is 8.35. The molecular weight excluding hydrogens is 306 g/mol. The number of rotatable bonds is 5. The second kappa shape index (κ2) is 8.26. The van der Waals surface area contributed by atoms with Gasteiger partial charge in [0.2, 0.25) is 0 Å². The van der Waals surface area contributed by atoms with Crippen molar-refractivity contribution in [1.82, 2.24) is 14.7 Å². The number of benzene rings is 1. The molecule has 1 aromatic carbocycles. The topological polar surface area (TPSA) is 53.1 Å². The zero-order valence-electron chi connectivity index (χ0n) is 15.0. The molecule has 6 heteroatoms. The normalized spacial score (nSPS) is 16.0. The molecule has 0 spiro atoms. The van der Waals surface area contributed by atoms with Gasteiger partial charge in [0.15, 0.2) is 0 Å². The van der Waals surface area contributed by atoms with E-state index >= 15 is 0 Å². The molecule has 1 aliphatic rings. The van der Waals surface area contributed by atoms with Crippen LogP contribution >= 0.6 is 0 Å². The van der Waals surface area contributed by atoms with Crippen LogP contribution in [-0.2, 0) is 11.3 Å². The van der Waals surface area contributed by atoms with Gasteiger partial charge < -0.3 is 14.5 Å². The summed E-state index contributed by atoms with van der Waals surface area (Å²) in [7, 11) is 5.56. The first kappa shape index (κ1) is 18.4. The Kier molecular flexibility index (Phi) is 6.34. The number of hydrogen-bond donors (Lipinski definition) is 0. The fourth-order valence-electron chi connectivity index (χ4n) is 2.74. The molecule has 1 aromatic rings. The van der Waals surface area contributed by atoms with Crippen molar-refractivity contribution in [2.24, 2.45) is 0 Å². The minimum Gasteiger partial charge on any atom is -0.462 e. The van der Waals surface area contributed by atoms with Crippen molar-refractivity contribution in [2.45, 2.75) is 13.5 Å². The fourth-order valence-corrected chi connectivity index (χ4v) is 2.74. The van der Waals surface area contributed by atoms with Gasteiger partial charge in [-0.05, 0) is 31.7 Å². The minimum absolute atomic E-state index is 0.0923. The van der Waals surface area contributed by atoms with Gasteiger partial charge in [0, 0.05) is 52.4 Å². The molecule has 0 atom stereocenters. The van der Waals surface area contributed by atoms with E-state index in [1.54, 1.807) is 33.2 Å². The van der Waals surface area contributed by atoms with E-state index in [9.17, 15) is 9.59 Å². The van der Waals surface area contributed by atoms with E-state index in [-0.39, 0.29) is 5.91 Å². The Labute approximate surface area is 144 Å². The van der Waals surface area contributed by atoms with Crippen LogP contribution in [0.1, 0.15) is 33.2 Å². The average molecular weight is 333 g/mol. The Hall–Kier alpha value is -1.92. The molecule has 1 saturated heterocycles. The highest BCUT2D eigenvalue weighted by Gasteiger charge is 2.20. The second-order valence-corrected chi connectivity index (χ2v) is 6.37. The largest absolute Gasteiger partial charge is 0.462 e. The van der Waals surface area contributed by atoms with Crippen LogP contribution in [0.2, 0.25) is 0 Å². The van der Waals surface area contributed by atoms with Crippen LogP contribution in [0, 0.1) is 0 Å². The van der Waals surface area contributed by atoms with Crippen molar-refractivity contribution < 1.29 is 14.3 Å². The van der Waals surface area contributed by atoms with Crippen molar-refractivity contribution in [3.63, 3.8) is 0 Å². The van der Waals surface area contributed by atoms with Gasteiger partial charge in [0.1, 0.15) is 0 Å². The number of carbonyl (C=O) groups excluding carboxylic acids is 2. The lowest BCUT2D eigenvalue weighted by Gasteiger charge is -2.32. The molecule has 0 aliphatic carbocycles. The van der Waals surface area contributed by atoms with E-state index in [4.69, 9.17) is 4.74 Å². The highest BCUT2D eigenvalue weighted by molar-refractivity contribution is 5.99. The molecule has 0 aromatic heterocycles. The van der Waals surface area contributed by atoms with Crippen LogP contribution in [-0.4, -0.2) is 80.5 Å². The number of amides is 1. The zero-order valence-corrected chi connectivity index (χ0v) is 15.0. The van der Waals surface area contributed by atoms with Gasteiger partial charge in [-0.25, -0.2) is 4.79 Å². The van der Waals surface area contributed by atoms with Crippen molar-refractivity contribution in [3.8, 4) is 0 Å². The molecule has 1 heterocycles.